The summed E-state index contributed by atoms with van der Waals surface area (Å²) in [7, 11) is 0. The van der Waals surface area contributed by atoms with Gasteiger partial charge in [-0.3, -0.25) is 9.59 Å². The predicted molar refractivity (Wildman–Crippen MR) is 94.8 cm³/mol. The number of hydrogen-bond donors (Lipinski definition) is 1. The molecule has 7 nitrogen and oxygen atoms in total. The number of amides is 2. The number of carbonyl (C=O) groups excluding carboxylic acids is 2. The number of hydrogen-bond acceptors (Lipinski definition) is 5. The lowest BCUT2D eigenvalue weighted by molar-refractivity contribution is -0.136. The predicted octanol–water partition coefficient (Wildman–Crippen LogP) is 1.38. The minimum absolute atomic E-state index is 0.116. The molecular formula is C18H27N5O2. The molecule has 0 aliphatic carbocycles. The van der Waals surface area contributed by atoms with E-state index in [2.05, 4.69) is 29.1 Å². The quantitative estimate of drug-likeness (QED) is 0.872. The Labute approximate surface area is 148 Å². The number of carbonyl (C=O) groups is 2. The minimum Gasteiger partial charge on any atom is -0.351 e. The fourth-order valence-electron chi connectivity index (χ4n) is 3.61. The zero-order valence-electron chi connectivity index (χ0n) is 15.0. The van der Waals surface area contributed by atoms with Crippen LogP contribution in [0.25, 0.3) is 0 Å². The molecule has 2 amide bonds. The third kappa shape index (κ3) is 4.46. The molecule has 7 heteroatoms. The molecule has 1 N–H and O–H groups in total. The Morgan fingerprint density at radius 2 is 1.96 bits per heavy atom. The van der Waals surface area contributed by atoms with E-state index in [9.17, 15) is 9.59 Å². The van der Waals surface area contributed by atoms with E-state index < -0.39 is 0 Å². The Hall–Kier alpha value is -2.18. The van der Waals surface area contributed by atoms with Crippen molar-refractivity contribution in [3.05, 3.63) is 18.5 Å². The highest BCUT2D eigenvalue weighted by Crippen LogP contribution is 2.23. The Bertz CT molecular complexity index is 599. The number of piperidine rings is 1. The Morgan fingerprint density at radius 3 is 2.60 bits per heavy atom. The van der Waals surface area contributed by atoms with Crippen LogP contribution in [-0.4, -0.2) is 63.8 Å². The van der Waals surface area contributed by atoms with Crippen LogP contribution in [0.2, 0.25) is 0 Å². The molecule has 25 heavy (non-hydrogen) atoms. The van der Waals surface area contributed by atoms with Gasteiger partial charge in [0.05, 0.1) is 5.92 Å². The maximum absolute atomic E-state index is 12.7. The molecule has 0 aromatic carbocycles. The van der Waals surface area contributed by atoms with Gasteiger partial charge < -0.3 is 15.1 Å². The van der Waals surface area contributed by atoms with Gasteiger partial charge in [-0.05, 0) is 24.8 Å². The van der Waals surface area contributed by atoms with Crippen LogP contribution in [0.3, 0.4) is 0 Å². The van der Waals surface area contributed by atoms with E-state index in [-0.39, 0.29) is 23.8 Å². The molecule has 0 bridgehead atoms. The molecular weight excluding hydrogens is 318 g/mol. The van der Waals surface area contributed by atoms with Crippen molar-refractivity contribution in [3.63, 3.8) is 0 Å². The van der Waals surface area contributed by atoms with E-state index in [0.29, 0.717) is 24.8 Å². The first-order chi connectivity index (χ1) is 12.0. The zero-order chi connectivity index (χ0) is 17.8. The van der Waals surface area contributed by atoms with Gasteiger partial charge in [-0.15, -0.1) is 0 Å². The second-order valence-corrected chi connectivity index (χ2v) is 7.41. The summed E-state index contributed by atoms with van der Waals surface area (Å²) in [6.07, 6.45) is 5.55. The fraction of sp³-hybridized carbons (Fsp3) is 0.667. The summed E-state index contributed by atoms with van der Waals surface area (Å²) in [5.41, 5.74) is 0. The molecule has 1 aromatic heterocycles. The second-order valence-electron chi connectivity index (χ2n) is 7.41. The minimum atomic E-state index is -0.173. The second kappa shape index (κ2) is 7.80. The van der Waals surface area contributed by atoms with Crippen LogP contribution in [0, 0.1) is 11.8 Å². The Balaban J connectivity index is 1.48. The smallest absolute Gasteiger partial charge is 0.227 e. The summed E-state index contributed by atoms with van der Waals surface area (Å²) in [4.78, 5) is 37.0. The number of aromatic nitrogens is 2. The van der Waals surface area contributed by atoms with Crippen molar-refractivity contribution in [3.8, 4) is 0 Å². The van der Waals surface area contributed by atoms with Crippen molar-refractivity contribution in [2.24, 2.45) is 11.8 Å². The molecule has 3 heterocycles. The van der Waals surface area contributed by atoms with Gasteiger partial charge in [-0.25, -0.2) is 9.97 Å². The molecule has 136 valence electrons. The van der Waals surface area contributed by atoms with Crippen molar-refractivity contribution in [1.29, 1.82) is 0 Å². The van der Waals surface area contributed by atoms with E-state index in [1.807, 2.05) is 9.80 Å². The van der Waals surface area contributed by atoms with Crippen molar-refractivity contribution >= 4 is 17.8 Å². The Morgan fingerprint density at radius 1 is 1.28 bits per heavy atom. The van der Waals surface area contributed by atoms with Gasteiger partial charge in [0.25, 0.3) is 0 Å². The van der Waals surface area contributed by atoms with Crippen molar-refractivity contribution in [2.45, 2.75) is 39.2 Å². The van der Waals surface area contributed by atoms with Gasteiger partial charge in [-0.1, -0.05) is 13.8 Å². The van der Waals surface area contributed by atoms with Gasteiger partial charge in [0, 0.05) is 51.0 Å². The van der Waals surface area contributed by atoms with Crippen LogP contribution in [-0.2, 0) is 9.59 Å². The van der Waals surface area contributed by atoms with Crippen LogP contribution in [0.1, 0.15) is 33.1 Å². The number of anilines is 1. The average Bonchev–Trinajstić information content (AvgIpc) is 2.96. The number of likely N-dealkylation sites (tertiary alicyclic amines) is 2. The summed E-state index contributed by atoms with van der Waals surface area (Å²) >= 11 is 0. The molecule has 0 spiro atoms. The monoisotopic (exact) mass is 345 g/mol. The molecule has 2 fully saturated rings. The molecule has 1 aromatic rings. The number of nitrogens with one attached hydrogen (secondary N) is 1. The average molecular weight is 345 g/mol. The standard InChI is InChI=1S/C18H27N5O2/c1-13(2)11-23-12-14(10-16(23)24)17(25)22-8-4-15(5-9-22)21-18-19-6-3-7-20-18/h3,6-7,13-15H,4-5,8-12H2,1-2H3,(H,19,20,21)/t14-/m1/s1. The SMILES string of the molecule is CC(C)CN1C[C@H](C(=O)N2CCC(Nc3ncccn3)CC2)CC1=O. The lowest BCUT2D eigenvalue weighted by atomic mass is 10.0. The number of nitrogens with zero attached hydrogens (tertiary/aromatic N) is 4. The third-order valence-corrected chi connectivity index (χ3v) is 4.85. The molecule has 2 aliphatic heterocycles. The normalized spacial score (nSPS) is 21.9. The van der Waals surface area contributed by atoms with E-state index in [0.717, 1.165) is 32.5 Å². The van der Waals surface area contributed by atoms with Crippen LogP contribution in [0.15, 0.2) is 18.5 Å². The zero-order valence-corrected chi connectivity index (χ0v) is 15.0. The van der Waals surface area contributed by atoms with Gasteiger partial charge in [0.1, 0.15) is 0 Å². The molecule has 3 rings (SSSR count). The highest BCUT2D eigenvalue weighted by Gasteiger charge is 2.37. The molecule has 0 saturated carbocycles. The fourth-order valence-corrected chi connectivity index (χ4v) is 3.61. The molecule has 0 unspecified atom stereocenters. The molecule has 1 atom stereocenters. The first-order valence-corrected chi connectivity index (χ1v) is 9.13. The van der Waals surface area contributed by atoms with Crippen molar-refractivity contribution in [2.75, 3.05) is 31.5 Å². The van der Waals surface area contributed by atoms with Crippen molar-refractivity contribution < 1.29 is 9.59 Å². The van der Waals surface area contributed by atoms with Crippen LogP contribution < -0.4 is 5.32 Å². The largest absolute Gasteiger partial charge is 0.351 e. The summed E-state index contributed by atoms with van der Waals surface area (Å²) < 4.78 is 0. The lowest BCUT2D eigenvalue weighted by Crippen LogP contribution is -2.45. The summed E-state index contributed by atoms with van der Waals surface area (Å²) in [5, 5.41) is 3.32. The number of rotatable bonds is 5. The van der Waals surface area contributed by atoms with Gasteiger partial charge in [0.2, 0.25) is 17.8 Å². The Kier molecular flexibility index (Phi) is 5.50. The van der Waals surface area contributed by atoms with E-state index in [4.69, 9.17) is 0 Å². The van der Waals surface area contributed by atoms with Crippen LogP contribution in [0.5, 0.6) is 0 Å². The summed E-state index contributed by atoms with van der Waals surface area (Å²) in [6, 6.07) is 2.08. The highest BCUT2D eigenvalue weighted by molar-refractivity contribution is 5.89. The molecule has 0 radical (unpaired) electrons. The van der Waals surface area contributed by atoms with Crippen LogP contribution >= 0.6 is 0 Å². The van der Waals surface area contributed by atoms with Gasteiger partial charge >= 0.3 is 0 Å². The van der Waals surface area contributed by atoms with E-state index in [1.54, 1.807) is 18.5 Å². The molecule has 2 saturated heterocycles. The van der Waals surface area contributed by atoms with Crippen LogP contribution in [0.4, 0.5) is 5.95 Å². The van der Waals surface area contributed by atoms with Gasteiger partial charge in [-0.2, -0.15) is 0 Å². The highest BCUT2D eigenvalue weighted by atomic mass is 16.2. The first-order valence-electron chi connectivity index (χ1n) is 9.13. The lowest BCUT2D eigenvalue weighted by Gasteiger charge is -2.33. The van der Waals surface area contributed by atoms with Crippen molar-refractivity contribution in [1.82, 2.24) is 19.8 Å². The topological polar surface area (TPSA) is 78.4 Å². The van der Waals surface area contributed by atoms with E-state index >= 15 is 0 Å². The maximum Gasteiger partial charge on any atom is 0.227 e. The van der Waals surface area contributed by atoms with E-state index in [1.165, 1.54) is 0 Å². The van der Waals surface area contributed by atoms with Gasteiger partial charge in [0.15, 0.2) is 0 Å². The maximum atomic E-state index is 12.7. The first kappa shape index (κ1) is 17.6. The summed E-state index contributed by atoms with van der Waals surface area (Å²) in [6.45, 7) is 6.95. The summed E-state index contributed by atoms with van der Waals surface area (Å²) in [5.74, 6) is 1.14. The molecule has 2 aliphatic rings. The third-order valence-electron chi connectivity index (χ3n) is 4.85.